The van der Waals surface area contributed by atoms with E-state index in [1.165, 1.54) is 12.1 Å². The molecule has 128 valence electrons. The molecular formula is C20H19FN2O2. The molecule has 1 aliphatic heterocycles. The van der Waals surface area contributed by atoms with Crippen LogP contribution in [0.15, 0.2) is 48.5 Å². The van der Waals surface area contributed by atoms with E-state index in [-0.39, 0.29) is 17.8 Å². The first kappa shape index (κ1) is 15.8. The summed E-state index contributed by atoms with van der Waals surface area (Å²) in [6.45, 7) is 3.36. The Balaban J connectivity index is 1.65. The van der Waals surface area contributed by atoms with Gasteiger partial charge in [-0.2, -0.15) is 0 Å². The van der Waals surface area contributed by atoms with Crippen LogP contribution in [0.1, 0.15) is 27.7 Å². The largest absolute Gasteiger partial charge is 0.370 e. The number of aryl methyl sites for hydroxylation is 1. The maximum Gasteiger partial charge on any atom is 0.256 e. The molecule has 0 bridgehead atoms. The molecule has 1 unspecified atom stereocenters. The highest BCUT2D eigenvalue weighted by molar-refractivity contribution is 6.08. The minimum atomic E-state index is -0.343. The fraction of sp³-hybridized carbons (Fsp3) is 0.250. The Kier molecular flexibility index (Phi) is 4.01. The fourth-order valence-corrected chi connectivity index (χ4v) is 3.44. The SMILES string of the molecule is Cc1[nH]c2ccc(F)cc2c1C(=O)N1CCOC(c2ccccc2)C1. The molecule has 3 aromatic rings. The number of nitrogens with one attached hydrogen (secondary N) is 1. The lowest BCUT2D eigenvalue weighted by molar-refractivity contribution is -0.0227. The second kappa shape index (κ2) is 6.33. The lowest BCUT2D eigenvalue weighted by atomic mass is 10.1. The smallest absolute Gasteiger partial charge is 0.256 e. The van der Waals surface area contributed by atoms with Crippen molar-refractivity contribution in [3.63, 3.8) is 0 Å². The second-order valence-corrected chi connectivity index (χ2v) is 6.34. The van der Waals surface area contributed by atoms with Crippen LogP contribution in [0.4, 0.5) is 4.39 Å². The van der Waals surface area contributed by atoms with Gasteiger partial charge in [-0.05, 0) is 30.7 Å². The first-order valence-electron chi connectivity index (χ1n) is 8.37. The Labute approximate surface area is 145 Å². The number of hydrogen-bond acceptors (Lipinski definition) is 2. The Morgan fingerprint density at radius 2 is 2.04 bits per heavy atom. The van der Waals surface area contributed by atoms with Crippen LogP contribution in [-0.2, 0) is 4.74 Å². The summed E-state index contributed by atoms with van der Waals surface area (Å²) in [5, 5.41) is 0.630. The van der Waals surface area contributed by atoms with Gasteiger partial charge in [0.25, 0.3) is 5.91 Å². The van der Waals surface area contributed by atoms with Crippen molar-refractivity contribution >= 4 is 16.8 Å². The monoisotopic (exact) mass is 338 g/mol. The second-order valence-electron chi connectivity index (χ2n) is 6.34. The summed E-state index contributed by atoms with van der Waals surface area (Å²) in [5.41, 5.74) is 3.13. The predicted molar refractivity (Wildman–Crippen MR) is 94.0 cm³/mol. The summed E-state index contributed by atoms with van der Waals surface area (Å²) < 4.78 is 19.5. The van der Waals surface area contributed by atoms with Crippen LogP contribution in [0.5, 0.6) is 0 Å². The molecule has 4 rings (SSSR count). The van der Waals surface area contributed by atoms with Gasteiger partial charge in [0, 0.05) is 23.1 Å². The number of morpholine rings is 1. The first-order chi connectivity index (χ1) is 12.1. The van der Waals surface area contributed by atoms with Crippen molar-refractivity contribution in [3.05, 3.63) is 71.2 Å². The number of amides is 1. The van der Waals surface area contributed by atoms with Gasteiger partial charge in [-0.1, -0.05) is 30.3 Å². The molecule has 2 aromatic carbocycles. The van der Waals surface area contributed by atoms with Gasteiger partial charge in [0.1, 0.15) is 11.9 Å². The summed E-state index contributed by atoms with van der Waals surface area (Å²) in [6, 6.07) is 14.4. The number of nitrogens with zero attached hydrogens (tertiary/aromatic N) is 1. The normalized spacial score (nSPS) is 17.8. The average Bonchev–Trinajstić information content (AvgIpc) is 2.97. The molecule has 4 nitrogen and oxygen atoms in total. The first-order valence-corrected chi connectivity index (χ1v) is 8.37. The van der Waals surface area contributed by atoms with Gasteiger partial charge in [-0.25, -0.2) is 4.39 Å². The lowest BCUT2D eigenvalue weighted by Crippen LogP contribution is -2.42. The van der Waals surface area contributed by atoms with Gasteiger partial charge in [0.2, 0.25) is 0 Å². The van der Waals surface area contributed by atoms with E-state index in [0.29, 0.717) is 30.6 Å². The highest BCUT2D eigenvalue weighted by Crippen LogP contribution is 2.27. The molecule has 1 aliphatic rings. The van der Waals surface area contributed by atoms with Crippen LogP contribution in [0.3, 0.4) is 0 Å². The molecule has 5 heteroatoms. The molecule has 1 fully saturated rings. The van der Waals surface area contributed by atoms with E-state index >= 15 is 0 Å². The van der Waals surface area contributed by atoms with Crippen molar-refractivity contribution in [1.29, 1.82) is 0 Å². The van der Waals surface area contributed by atoms with Gasteiger partial charge < -0.3 is 14.6 Å². The van der Waals surface area contributed by atoms with Crippen LogP contribution in [0, 0.1) is 12.7 Å². The number of aromatic amines is 1. The third-order valence-corrected chi connectivity index (χ3v) is 4.69. The van der Waals surface area contributed by atoms with E-state index in [1.807, 2.05) is 37.3 Å². The number of ether oxygens (including phenoxy) is 1. The summed E-state index contributed by atoms with van der Waals surface area (Å²) in [6.07, 6.45) is -0.138. The molecule has 1 saturated heterocycles. The Bertz CT molecular complexity index is 920. The molecule has 25 heavy (non-hydrogen) atoms. The topological polar surface area (TPSA) is 45.3 Å². The molecule has 0 spiro atoms. The predicted octanol–water partition coefficient (Wildman–Crippen LogP) is 3.83. The van der Waals surface area contributed by atoms with E-state index in [4.69, 9.17) is 4.74 Å². The van der Waals surface area contributed by atoms with E-state index in [1.54, 1.807) is 11.0 Å². The minimum absolute atomic E-state index is 0.0846. The molecule has 0 aliphatic carbocycles. The van der Waals surface area contributed by atoms with Crippen LogP contribution >= 0.6 is 0 Å². The van der Waals surface area contributed by atoms with Gasteiger partial charge >= 0.3 is 0 Å². The zero-order chi connectivity index (χ0) is 17.4. The van der Waals surface area contributed by atoms with Crippen molar-refractivity contribution in [1.82, 2.24) is 9.88 Å². The number of halogens is 1. The summed E-state index contributed by atoms with van der Waals surface area (Å²) in [5.74, 6) is -0.428. The molecule has 0 radical (unpaired) electrons. The average molecular weight is 338 g/mol. The molecular weight excluding hydrogens is 319 g/mol. The number of rotatable bonds is 2. The number of hydrogen-bond donors (Lipinski definition) is 1. The molecule has 1 N–H and O–H groups in total. The highest BCUT2D eigenvalue weighted by Gasteiger charge is 2.28. The van der Waals surface area contributed by atoms with E-state index in [2.05, 4.69) is 4.98 Å². The fourth-order valence-electron chi connectivity index (χ4n) is 3.44. The Morgan fingerprint density at radius 3 is 2.84 bits per heavy atom. The number of aromatic nitrogens is 1. The number of H-pyrrole nitrogens is 1. The standard InChI is InChI=1S/C20H19FN2O2/c1-13-19(16-11-15(21)7-8-17(16)22-13)20(24)23-9-10-25-18(12-23)14-5-3-2-4-6-14/h2-8,11,18,22H,9-10,12H2,1H3. The lowest BCUT2D eigenvalue weighted by Gasteiger charge is -2.33. The van der Waals surface area contributed by atoms with E-state index in [9.17, 15) is 9.18 Å². The molecule has 1 amide bonds. The third kappa shape index (κ3) is 2.91. The van der Waals surface area contributed by atoms with Gasteiger partial charge in [-0.15, -0.1) is 0 Å². The number of carbonyl (C=O) groups excluding carboxylic acids is 1. The zero-order valence-corrected chi connectivity index (χ0v) is 14.0. The Morgan fingerprint density at radius 1 is 1.24 bits per heavy atom. The quantitative estimate of drug-likeness (QED) is 0.772. The Hall–Kier alpha value is -2.66. The van der Waals surface area contributed by atoms with Crippen LogP contribution < -0.4 is 0 Å². The van der Waals surface area contributed by atoms with Crippen molar-refractivity contribution < 1.29 is 13.9 Å². The van der Waals surface area contributed by atoms with Crippen LogP contribution in [0.2, 0.25) is 0 Å². The van der Waals surface area contributed by atoms with Crippen molar-refractivity contribution in [2.45, 2.75) is 13.0 Å². The minimum Gasteiger partial charge on any atom is -0.370 e. The summed E-state index contributed by atoms with van der Waals surface area (Å²) in [4.78, 5) is 18.1. The summed E-state index contributed by atoms with van der Waals surface area (Å²) >= 11 is 0. The third-order valence-electron chi connectivity index (χ3n) is 4.69. The maximum absolute atomic E-state index is 13.7. The van der Waals surface area contributed by atoms with Gasteiger partial charge in [0.15, 0.2) is 0 Å². The van der Waals surface area contributed by atoms with Crippen LogP contribution in [0.25, 0.3) is 10.9 Å². The van der Waals surface area contributed by atoms with Crippen molar-refractivity contribution in [3.8, 4) is 0 Å². The molecule has 1 aromatic heterocycles. The maximum atomic E-state index is 13.7. The van der Waals surface area contributed by atoms with Crippen LogP contribution in [-0.4, -0.2) is 35.5 Å². The van der Waals surface area contributed by atoms with E-state index < -0.39 is 0 Å². The van der Waals surface area contributed by atoms with Gasteiger partial charge in [-0.3, -0.25) is 4.79 Å². The number of fused-ring (bicyclic) bond motifs is 1. The molecule has 0 saturated carbocycles. The van der Waals surface area contributed by atoms with E-state index in [0.717, 1.165) is 16.8 Å². The zero-order valence-electron chi connectivity index (χ0n) is 14.0. The number of benzene rings is 2. The van der Waals surface area contributed by atoms with Crippen molar-refractivity contribution in [2.75, 3.05) is 19.7 Å². The highest BCUT2D eigenvalue weighted by atomic mass is 19.1. The molecule has 1 atom stereocenters. The van der Waals surface area contributed by atoms with Gasteiger partial charge in [0.05, 0.1) is 18.7 Å². The van der Waals surface area contributed by atoms with Crippen molar-refractivity contribution in [2.24, 2.45) is 0 Å². The number of carbonyl (C=O) groups is 1. The summed E-state index contributed by atoms with van der Waals surface area (Å²) in [7, 11) is 0. The molecule has 2 heterocycles.